The van der Waals surface area contributed by atoms with E-state index in [-0.39, 0.29) is 18.4 Å². The lowest BCUT2D eigenvalue weighted by Gasteiger charge is -2.31. The molecule has 172 valence electrons. The lowest BCUT2D eigenvalue weighted by Crippen LogP contribution is -2.46. The van der Waals surface area contributed by atoms with E-state index in [1.807, 2.05) is 25.2 Å². The average molecular weight is 457 g/mol. The Balaban J connectivity index is 1.61. The summed E-state index contributed by atoms with van der Waals surface area (Å²) in [4.78, 5) is 30.5. The number of nitrogens with zero attached hydrogens (tertiary/aromatic N) is 8. The quantitative estimate of drug-likeness (QED) is 0.411. The Kier molecular flexibility index (Phi) is 4.89. The Bertz CT molecular complexity index is 1600. The van der Waals surface area contributed by atoms with Gasteiger partial charge in [0.2, 0.25) is 5.91 Å². The molecule has 0 fully saturated rings. The molecule has 3 heterocycles. The second kappa shape index (κ2) is 7.80. The maximum atomic E-state index is 13.7. The molecular formula is C23H23N9O2. The van der Waals surface area contributed by atoms with E-state index in [1.165, 1.54) is 16.9 Å². The summed E-state index contributed by atoms with van der Waals surface area (Å²) < 4.78 is 3.37. The molecule has 2 amide bonds. The van der Waals surface area contributed by atoms with Crippen LogP contribution in [0.25, 0.3) is 32.8 Å². The van der Waals surface area contributed by atoms with Gasteiger partial charge in [-0.15, -0.1) is 5.10 Å². The fourth-order valence-corrected chi connectivity index (χ4v) is 4.13. The second-order valence-corrected chi connectivity index (χ2v) is 8.16. The highest BCUT2D eigenvalue weighted by Crippen LogP contribution is 2.29. The van der Waals surface area contributed by atoms with Crippen molar-refractivity contribution in [2.45, 2.75) is 13.5 Å². The van der Waals surface area contributed by atoms with E-state index in [4.69, 9.17) is 5.73 Å². The van der Waals surface area contributed by atoms with Gasteiger partial charge in [-0.1, -0.05) is 17.3 Å². The predicted octanol–water partition coefficient (Wildman–Crippen LogP) is 2.02. The molecule has 0 atom stereocenters. The number of hydrazine groups is 1. The van der Waals surface area contributed by atoms with E-state index in [0.29, 0.717) is 27.8 Å². The van der Waals surface area contributed by atoms with Crippen molar-refractivity contribution in [3.05, 3.63) is 53.7 Å². The Morgan fingerprint density at radius 2 is 1.88 bits per heavy atom. The Morgan fingerprint density at radius 3 is 2.65 bits per heavy atom. The number of carbonyl (C=O) groups is 2. The first-order valence-corrected chi connectivity index (χ1v) is 10.6. The fourth-order valence-electron chi connectivity index (χ4n) is 4.13. The minimum absolute atomic E-state index is 0.143. The first-order valence-electron chi connectivity index (χ1n) is 10.6. The van der Waals surface area contributed by atoms with Crippen LogP contribution < -0.4 is 5.73 Å². The van der Waals surface area contributed by atoms with Crippen LogP contribution in [0.2, 0.25) is 0 Å². The number of fused-ring (bicyclic) bond motifs is 4. The van der Waals surface area contributed by atoms with Crippen LogP contribution in [0.1, 0.15) is 22.8 Å². The molecule has 0 aliphatic rings. The number of benzene rings is 2. The summed E-state index contributed by atoms with van der Waals surface area (Å²) in [5.41, 5.74) is 10.2. The molecule has 11 heteroatoms. The molecule has 34 heavy (non-hydrogen) atoms. The highest BCUT2D eigenvalue weighted by atomic mass is 16.2. The maximum absolute atomic E-state index is 13.7. The molecule has 11 nitrogen and oxygen atoms in total. The summed E-state index contributed by atoms with van der Waals surface area (Å²) in [5.74, 6) is -0.235. The van der Waals surface area contributed by atoms with Crippen LogP contribution in [0, 0.1) is 0 Å². The van der Waals surface area contributed by atoms with Gasteiger partial charge in [-0.2, -0.15) is 5.10 Å². The van der Waals surface area contributed by atoms with Crippen molar-refractivity contribution in [3.8, 4) is 0 Å². The number of anilines is 1. The van der Waals surface area contributed by atoms with Gasteiger partial charge in [-0.25, -0.2) is 14.7 Å². The third kappa shape index (κ3) is 3.29. The number of hydrogen-bond acceptors (Lipinski definition) is 7. The van der Waals surface area contributed by atoms with Gasteiger partial charge in [0.05, 0.1) is 34.7 Å². The SMILES string of the molecule is CC(=O)N(C)N(Cc1cccc2c1nnn2C)C(=O)c1ccc2nc(N)c3cnn(C)c3c2c1. The number of rotatable bonds is 3. The summed E-state index contributed by atoms with van der Waals surface area (Å²) in [6.45, 7) is 1.56. The van der Waals surface area contributed by atoms with Crippen LogP contribution in [0.4, 0.5) is 5.82 Å². The summed E-state index contributed by atoms with van der Waals surface area (Å²) in [7, 11) is 5.19. The minimum atomic E-state index is -0.340. The van der Waals surface area contributed by atoms with Crippen LogP contribution >= 0.6 is 0 Å². The zero-order chi connectivity index (χ0) is 24.1. The van der Waals surface area contributed by atoms with Gasteiger partial charge in [0, 0.05) is 44.6 Å². The van der Waals surface area contributed by atoms with Gasteiger partial charge in [-0.3, -0.25) is 19.3 Å². The number of nitrogens with two attached hydrogens (primary N) is 1. The normalized spacial score (nSPS) is 11.4. The van der Waals surface area contributed by atoms with Crippen molar-refractivity contribution < 1.29 is 9.59 Å². The molecule has 0 saturated carbocycles. The Labute approximate surface area is 194 Å². The molecule has 5 rings (SSSR count). The zero-order valence-corrected chi connectivity index (χ0v) is 19.2. The summed E-state index contributed by atoms with van der Waals surface area (Å²) in [6, 6.07) is 10.9. The number of carbonyl (C=O) groups excluding carboxylic acids is 2. The summed E-state index contributed by atoms with van der Waals surface area (Å²) in [5, 5.41) is 16.8. The summed E-state index contributed by atoms with van der Waals surface area (Å²) >= 11 is 0. The van der Waals surface area contributed by atoms with E-state index >= 15 is 0 Å². The molecule has 3 aromatic heterocycles. The van der Waals surface area contributed by atoms with Gasteiger partial charge in [0.15, 0.2) is 0 Å². The monoisotopic (exact) mass is 457 g/mol. The third-order valence-corrected chi connectivity index (χ3v) is 6.05. The molecule has 2 N–H and O–H groups in total. The summed E-state index contributed by atoms with van der Waals surface area (Å²) in [6.07, 6.45) is 1.66. The van der Waals surface area contributed by atoms with Crippen LogP contribution in [0.5, 0.6) is 0 Å². The number of aryl methyl sites for hydroxylation is 2. The molecular weight excluding hydrogens is 434 g/mol. The number of aromatic nitrogens is 6. The smallest absolute Gasteiger partial charge is 0.272 e. The molecule has 0 bridgehead atoms. The lowest BCUT2D eigenvalue weighted by atomic mass is 10.1. The molecule has 5 aromatic rings. The Morgan fingerprint density at radius 1 is 1.09 bits per heavy atom. The first kappa shape index (κ1) is 21.3. The molecule has 0 spiro atoms. The maximum Gasteiger partial charge on any atom is 0.272 e. The average Bonchev–Trinajstić information content (AvgIpc) is 3.40. The largest absolute Gasteiger partial charge is 0.383 e. The van der Waals surface area contributed by atoms with Crippen molar-refractivity contribution in [3.63, 3.8) is 0 Å². The number of nitrogen functional groups attached to an aromatic ring is 1. The van der Waals surface area contributed by atoms with Crippen molar-refractivity contribution in [1.29, 1.82) is 0 Å². The van der Waals surface area contributed by atoms with E-state index in [2.05, 4.69) is 20.4 Å². The first-order chi connectivity index (χ1) is 16.3. The molecule has 0 radical (unpaired) electrons. The highest BCUT2D eigenvalue weighted by molar-refractivity contribution is 6.10. The van der Waals surface area contributed by atoms with Crippen LogP contribution in [0.3, 0.4) is 0 Å². The van der Waals surface area contributed by atoms with E-state index in [1.54, 1.807) is 47.9 Å². The minimum Gasteiger partial charge on any atom is -0.383 e. The van der Waals surface area contributed by atoms with Crippen molar-refractivity contribution in [1.82, 2.24) is 39.8 Å². The van der Waals surface area contributed by atoms with E-state index in [0.717, 1.165) is 22.0 Å². The van der Waals surface area contributed by atoms with Crippen LogP contribution in [-0.2, 0) is 25.4 Å². The Hall–Kier alpha value is -4.54. The van der Waals surface area contributed by atoms with Crippen LogP contribution in [-0.4, -0.2) is 58.6 Å². The van der Waals surface area contributed by atoms with Crippen molar-refractivity contribution in [2.75, 3.05) is 12.8 Å². The van der Waals surface area contributed by atoms with Gasteiger partial charge < -0.3 is 5.73 Å². The third-order valence-electron chi connectivity index (χ3n) is 6.05. The molecule has 2 aromatic carbocycles. The number of pyridine rings is 1. The second-order valence-electron chi connectivity index (χ2n) is 8.16. The van der Waals surface area contributed by atoms with Gasteiger partial charge >= 0.3 is 0 Å². The topological polar surface area (TPSA) is 128 Å². The van der Waals surface area contributed by atoms with Gasteiger partial charge in [-0.05, 0) is 24.3 Å². The highest BCUT2D eigenvalue weighted by Gasteiger charge is 2.25. The van der Waals surface area contributed by atoms with E-state index < -0.39 is 0 Å². The number of hydrogen-bond donors (Lipinski definition) is 1. The van der Waals surface area contributed by atoms with Crippen molar-refractivity contribution in [2.24, 2.45) is 14.1 Å². The molecule has 0 aliphatic heterocycles. The molecule has 0 aliphatic carbocycles. The molecule has 0 saturated heterocycles. The van der Waals surface area contributed by atoms with Gasteiger partial charge in [0.25, 0.3) is 5.91 Å². The fraction of sp³-hybridized carbons (Fsp3) is 0.217. The molecule has 0 unspecified atom stereocenters. The van der Waals surface area contributed by atoms with Crippen LogP contribution in [0.15, 0.2) is 42.6 Å². The van der Waals surface area contributed by atoms with E-state index in [9.17, 15) is 9.59 Å². The predicted molar refractivity (Wildman–Crippen MR) is 127 cm³/mol. The number of amides is 2. The van der Waals surface area contributed by atoms with Gasteiger partial charge in [0.1, 0.15) is 11.3 Å². The van der Waals surface area contributed by atoms with Crippen molar-refractivity contribution >= 4 is 50.5 Å². The zero-order valence-electron chi connectivity index (χ0n) is 19.2. The lowest BCUT2D eigenvalue weighted by molar-refractivity contribution is -0.140. The standard InChI is InChI=1S/C23H23N9O2/c1-13(33)31(4)32(12-15-6-5-7-19-20(15)27-28-29(19)2)23(34)14-8-9-18-16(10-14)21-17(22(24)26-18)11-25-30(21)3/h5-11H,12H2,1-4H3,(H2,24,26).